The first-order valence-corrected chi connectivity index (χ1v) is 10.9. The van der Waals surface area contributed by atoms with Gasteiger partial charge in [-0.05, 0) is 79.9 Å². The zero-order valence-corrected chi connectivity index (χ0v) is 18.3. The van der Waals surface area contributed by atoms with Gasteiger partial charge in [0.1, 0.15) is 0 Å². The molecule has 1 saturated heterocycles. The molecule has 2 aliphatic rings. The Morgan fingerprint density at radius 3 is 2.97 bits per heavy atom. The number of nitrogens with zero attached hydrogens (tertiary/aromatic N) is 1. The van der Waals surface area contributed by atoms with Gasteiger partial charge >= 0.3 is 0 Å². The molecule has 156 valence electrons. The summed E-state index contributed by atoms with van der Waals surface area (Å²) in [5.74, 6) is 0.670. The Kier molecular flexibility index (Phi) is 7.33. The molecular formula is C22H28ClN3O2S. The fourth-order valence-electron chi connectivity index (χ4n) is 4.10. The van der Waals surface area contributed by atoms with Crippen LogP contribution in [0.5, 0.6) is 0 Å². The summed E-state index contributed by atoms with van der Waals surface area (Å²) in [6.45, 7) is 5.40. The lowest BCUT2D eigenvalue weighted by molar-refractivity contribution is -0.116. The number of carbonyl (C=O) groups excluding carboxylic acids is 2. The van der Waals surface area contributed by atoms with Gasteiger partial charge in [-0.2, -0.15) is 0 Å². The van der Waals surface area contributed by atoms with Gasteiger partial charge in [-0.3, -0.25) is 9.59 Å². The minimum absolute atomic E-state index is 0. The third-order valence-corrected chi connectivity index (χ3v) is 6.90. The van der Waals surface area contributed by atoms with Crippen LogP contribution in [0.3, 0.4) is 0 Å². The second-order valence-electron chi connectivity index (χ2n) is 7.77. The number of hydrogen-bond acceptors (Lipinski definition) is 4. The van der Waals surface area contributed by atoms with Crippen molar-refractivity contribution in [2.45, 2.75) is 39.2 Å². The predicted molar refractivity (Wildman–Crippen MR) is 120 cm³/mol. The number of benzene rings is 1. The SMILES string of the molecule is Cc1c(NC(=O)CCC2CCNC2)cccc1C(=O)N1CCc2sccc2C1.Cl. The molecule has 1 aromatic carbocycles. The number of nitrogens with one attached hydrogen (secondary N) is 2. The van der Waals surface area contributed by atoms with E-state index in [0.717, 1.165) is 50.1 Å². The van der Waals surface area contributed by atoms with E-state index in [9.17, 15) is 9.59 Å². The summed E-state index contributed by atoms with van der Waals surface area (Å²) >= 11 is 1.77. The summed E-state index contributed by atoms with van der Waals surface area (Å²) in [5.41, 5.74) is 3.53. The average Bonchev–Trinajstić information content (AvgIpc) is 3.38. The van der Waals surface area contributed by atoms with Crippen molar-refractivity contribution in [3.8, 4) is 0 Å². The van der Waals surface area contributed by atoms with E-state index in [-0.39, 0.29) is 24.2 Å². The molecule has 2 aromatic rings. The molecule has 3 heterocycles. The Hall–Kier alpha value is -1.89. The van der Waals surface area contributed by atoms with Gasteiger partial charge < -0.3 is 15.5 Å². The summed E-state index contributed by atoms with van der Waals surface area (Å²) in [4.78, 5) is 28.8. The number of rotatable bonds is 5. The second-order valence-corrected chi connectivity index (χ2v) is 8.77. The van der Waals surface area contributed by atoms with Crippen LogP contribution in [0, 0.1) is 12.8 Å². The van der Waals surface area contributed by atoms with E-state index in [2.05, 4.69) is 22.1 Å². The van der Waals surface area contributed by atoms with Crippen LogP contribution in [0.2, 0.25) is 0 Å². The summed E-state index contributed by atoms with van der Waals surface area (Å²) in [5, 5.41) is 8.45. The van der Waals surface area contributed by atoms with E-state index in [4.69, 9.17) is 0 Å². The first-order valence-electron chi connectivity index (χ1n) is 10.1. The van der Waals surface area contributed by atoms with E-state index in [0.29, 0.717) is 24.4 Å². The molecule has 0 aliphatic carbocycles. The third-order valence-electron chi connectivity index (χ3n) is 5.88. The minimum Gasteiger partial charge on any atom is -0.334 e. The highest BCUT2D eigenvalue weighted by atomic mass is 35.5. The number of carbonyl (C=O) groups is 2. The van der Waals surface area contributed by atoms with Crippen molar-refractivity contribution in [1.82, 2.24) is 10.2 Å². The molecule has 1 aromatic heterocycles. The van der Waals surface area contributed by atoms with Crippen LogP contribution in [0.25, 0.3) is 0 Å². The summed E-state index contributed by atoms with van der Waals surface area (Å²) in [6, 6.07) is 7.72. The molecule has 1 fully saturated rings. The lowest BCUT2D eigenvalue weighted by Gasteiger charge is -2.28. The molecule has 0 bridgehead atoms. The zero-order valence-electron chi connectivity index (χ0n) is 16.7. The van der Waals surface area contributed by atoms with Crippen molar-refractivity contribution in [2.24, 2.45) is 5.92 Å². The van der Waals surface area contributed by atoms with Crippen molar-refractivity contribution in [1.29, 1.82) is 0 Å². The molecule has 4 rings (SSSR count). The van der Waals surface area contributed by atoms with Gasteiger partial charge in [-0.1, -0.05) is 6.07 Å². The van der Waals surface area contributed by atoms with E-state index in [1.54, 1.807) is 11.3 Å². The van der Waals surface area contributed by atoms with E-state index < -0.39 is 0 Å². The number of hydrogen-bond donors (Lipinski definition) is 2. The zero-order chi connectivity index (χ0) is 19.5. The van der Waals surface area contributed by atoms with Crippen LogP contribution in [0.15, 0.2) is 29.6 Å². The molecule has 2 N–H and O–H groups in total. The van der Waals surface area contributed by atoms with Crippen molar-refractivity contribution in [3.63, 3.8) is 0 Å². The Labute approximate surface area is 182 Å². The Balaban J connectivity index is 0.00000240. The maximum Gasteiger partial charge on any atom is 0.254 e. The standard InChI is InChI=1S/C22H27N3O2S.ClH/c1-15-18(22(27)25-11-8-20-17(14-25)9-12-28-20)3-2-4-19(15)24-21(26)6-5-16-7-10-23-13-16;/h2-4,9,12,16,23H,5-8,10-11,13-14H2,1H3,(H,24,26);1H. The van der Waals surface area contributed by atoms with E-state index in [1.807, 2.05) is 30.0 Å². The summed E-state index contributed by atoms with van der Waals surface area (Å²) in [6.07, 6.45) is 3.51. The molecule has 1 atom stereocenters. The molecule has 2 aliphatic heterocycles. The van der Waals surface area contributed by atoms with E-state index >= 15 is 0 Å². The molecule has 0 spiro atoms. The minimum atomic E-state index is 0. The average molecular weight is 434 g/mol. The van der Waals surface area contributed by atoms with Crippen LogP contribution in [0.4, 0.5) is 5.69 Å². The van der Waals surface area contributed by atoms with Gasteiger partial charge in [0.2, 0.25) is 5.91 Å². The lowest BCUT2D eigenvalue weighted by Crippen LogP contribution is -2.35. The van der Waals surface area contributed by atoms with Crippen LogP contribution in [0.1, 0.15) is 45.6 Å². The molecular weight excluding hydrogens is 406 g/mol. The molecule has 29 heavy (non-hydrogen) atoms. The monoisotopic (exact) mass is 433 g/mol. The second kappa shape index (κ2) is 9.74. The predicted octanol–water partition coefficient (Wildman–Crippen LogP) is 4.01. The number of fused-ring (bicyclic) bond motifs is 1. The lowest BCUT2D eigenvalue weighted by atomic mass is 10.0. The fraction of sp³-hybridized carbons (Fsp3) is 0.455. The highest BCUT2D eigenvalue weighted by Crippen LogP contribution is 2.27. The van der Waals surface area contributed by atoms with Gasteiger partial charge in [-0.15, -0.1) is 23.7 Å². The summed E-state index contributed by atoms with van der Waals surface area (Å²) in [7, 11) is 0. The maximum absolute atomic E-state index is 13.1. The van der Waals surface area contributed by atoms with Crippen LogP contribution >= 0.6 is 23.7 Å². The van der Waals surface area contributed by atoms with Gasteiger partial charge in [0, 0.05) is 35.6 Å². The number of anilines is 1. The molecule has 0 radical (unpaired) electrons. The maximum atomic E-state index is 13.1. The molecule has 0 saturated carbocycles. The first kappa shape index (κ1) is 21.8. The van der Waals surface area contributed by atoms with Crippen molar-refractivity contribution in [2.75, 3.05) is 25.0 Å². The highest BCUT2D eigenvalue weighted by Gasteiger charge is 2.24. The molecule has 7 heteroatoms. The van der Waals surface area contributed by atoms with Gasteiger partial charge in [0.25, 0.3) is 5.91 Å². The normalized spacial score (nSPS) is 18.1. The summed E-state index contributed by atoms with van der Waals surface area (Å²) < 4.78 is 0. The van der Waals surface area contributed by atoms with Crippen molar-refractivity contribution < 1.29 is 9.59 Å². The van der Waals surface area contributed by atoms with Crippen LogP contribution < -0.4 is 10.6 Å². The largest absolute Gasteiger partial charge is 0.334 e. The molecule has 5 nitrogen and oxygen atoms in total. The van der Waals surface area contributed by atoms with Crippen molar-refractivity contribution in [3.05, 3.63) is 51.2 Å². The Morgan fingerprint density at radius 1 is 1.31 bits per heavy atom. The Morgan fingerprint density at radius 2 is 2.17 bits per heavy atom. The van der Waals surface area contributed by atoms with Crippen LogP contribution in [-0.4, -0.2) is 36.3 Å². The highest BCUT2D eigenvalue weighted by molar-refractivity contribution is 7.10. The molecule has 2 amide bonds. The van der Waals surface area contributed by atoms with Gasteiger partial charge in [0.05, 0.1) is 0 Å². The molecule has 1 unspecified atom stereocenters. The fourth-order valence-corrected chi connectivity index (χ4v) is 4.99. The first-order chi connectivity index (χ1) is 13.6. The van der Waals surface area contributed by atoms with E-state index in [1.165, 1.54) is 10.4 Å². The van der Waals surface area contributed by atoms with Crippen LogP contribution in [-0.2, 0) is 17.8 Å². The quantitative estimate of drug-likeness (QED) is 0.749. The number of amides is 2. The smallest absolute Gasteiger partial charge is 0.254 e. The number of halogens is 1. The van der Waals surface area contributed by atoms with Crippen molar-refractivity contribution >= 4 is 41.2 Å². The number of thiophene rings is 1. The van der Waals surface area contributed by atoms with Gasteiger partial charge in [-0.25, -0.2) is 0 Å². The Bertz CT molecular complexity index is 877. The topological polar surface area (TPSA) is 61.4 Å². The third kappa shape index (κ3) is 5.00. The van der Waals surface area contributed by atoms with Gasteiger partial charge in [0.15, 0.2) is 0 Å².